The van der Waals surface area contributed by atoms with Gasteiger partial charge < -0.3 is 9.47 Å². The zero-order valence-electron chi connectivity index (χ0n) is 17.1. The van der Waals surface area contributed by atoms with Crippen molar-refractivity contribution in [3.63, 3.8) is 0 Å². The van der Waals surface area contributed by atoms with Crippen molar-refractivity contribution in [1.29, 1.82) is 0 Å². The molecule has 5 rings (SSSR count). The number of hydrogen-bond acceptors (Lipinski definition) is 5. The lowest BCUT2D eigenvalue weighted by molar-refractivity contribution is 0.0781. The van der Waals surface area contributed by atoms with Gasteiger partial charge in [-0.1, -0.05) is 6.07 Å². The van der Waals surface area contributed by atoms with Gasteiger partial charge in [0.2, 0.25) is 0 Å². The number of nitrogens with one attached hydrogen (secondary N) is 1. The first-order chi connectivity index (χ1) is 14.6. The Morgan fingerprint density at radius 3 is 3.03 bits per heavy atom. The molecule has 4 aromatic heterocycles. The Kier molecular flexibility index (Phi) is 4.86. The molecule has 1 amide bonds. The van der Waals surface area contributed by atoms with Gasteiger partial charge in [0.1, 0.15) is 11.3 Å². The lowest BCUT2D eigenvalue weighted by Gasteiger charge is -2.16. The number of imidazole rings is 1. The van der Waals surface area contributed by atoms with Gasteiger partial charge in [-0.15, -0.1) is 11.3 Å². The molecule has 154 valence electrons. The fourth-order valence-electron chi connectivity index (χ4n) is 4.26. The highest BCUT2D eigenvalue weighted by Gasteiger charge is 2.30. The van der Waals surface area contributed by atoms with Crippen molar-refractivity contribution in [2.75, 3.05) is 13.1 Å². The number of aromatic nitrogens is 5. The molecule has 1 aliphatic heterocycles. The molecule has 7 nitrogen and oxygen atoms in total. The number of carbonyl (C=O) groups excluding carboxylic acids is 1. The van der Waals surface area contributed by atoms with E-state index in [1.165, 1.54) is 0 Å². The largest absolute Gasteiger partial charge is 0.337 e. The van der Waals surface area contributed by atoms with E-state index in [4.69, 9.17) is 4.98 Å². The normalized spacial score (nSPS) is 16.8. The van der Waals surface area contributed by atoms with Crippen LogP contribution in [0.1, 0.15) is 42.6 Å². The third kappa shape index (κ3) is 3.41. The van der Waals surface area contributed by atoms with E-state index in [0.717, 1.165) is 53.5 Å². The number of rotatable bonds is 5. The highest BCUT2D eigenvalue weighted by molar-refractivity contribution is 7.13. The maximum atomic E-state index is 13.0. The van der Waals surface area contributed by atoms with Crippen molar-refractivity contribution in [1.82, 2.24) is 29.6 Å². The Labute approximate surface area is 178 Å². The summed E-state index contributed by atoms with van der Waals surface area (Å²) in [7, 11) is 0. The molecule has 0 aliphatic carbocycles. The average molecular weight is 421 g/mol. The number of thiophene rings is 1. The molecule has 4 aromatic rings. The number of aromatic amines is 1. The third-order valence-electron chi connectivity index (χ3n) is 5.67. The molecule has 1 N–H and O–H groups in total. The van der Waals surface area contributed by atoms with Crippen molar-refractivity contribution in [3.05, 3.63) is 53.4 Å². The van der Waals surface area contributed by atoms with Crippen LogP contribution in [0, 0.1) is 5.92 Å². The van der Waals surface area contributed by atoms with Crippen molar-refractivity contribution in [2.45, 2.75) is 32.7 Å². The van der Waals surface area contributed by atoms with Gasteiger partial charge in [0, 0.05) is 31.7 Å². The maximum absolute atomic E-state index is 13.0. The van der Waals surface area contributed by atoms with E-state index in [9.17, 15) is 4.79 Å². The number of nitrogens with zero attached hydrogens (tertiary/aromatic N) is 5. The minimum Gasteiger partial charge on any atom is -0.337 e. The van der Waals surface area contributed by atoms with Gasteiger partial charge in [0.05, 0.1) is 10.6 Å². The second-order valence-corrected chi connectivity index (χ2v) is 9.04. The Balaban J connectivity index is 1.30. The van der Waals surface area contributed by atoms with Crippen LogP contribution in [0.4, 0.5) is 0 Å². The topological polar surface area (TPSA) is 79.7 Å². The van der Waals surface area contributed by atoms with E-state index in [0.29, 0.717) is 17.7 Å². The summed E-state index contributed by atoms with van der Waals surface area (Å²) in [6.45, 7) is 5.80. The molecule has 30 heavy (non-hydrogen) atoms. The molecule has 0 spiro atoms. The van der Waals surface area contributed by atoms with Crippen molar-refractivity contribution >= 4 is 28.4 Å². The van der Waals surface area contributed by atoms with Crippen LogP contribution >= 0.6 is 11.3 Å². The summed E-state index contributed by atoms with van der Waals surface area (Å²) in [6, 6.07) is 10.1. The second-order valence-electron chi connectivity index (χ2n) is 8.09. The van der Waals surface area contributed by atoms with Crippen LogP contribution in [0.5, 0.6) is 0 Å². The first kappa shape index (κ1) is 19.0. The van der Waals surface area contributed by atoms with Crippen LogP contribution in [-0.2, 0) is 6.42 Å². The number of pyridine rings is 1. The Hall–Kier alpha value is -3.00. The van der Waals surface area contributed by atoms with Gasteiger partial charge in [-0.05, 0) is 55.8 Å². The molecule has 0 saturated carbocycles. The maximum Gasteiger partial charge on any atom is 0.274 e. The summed E-state index contributed by atoms with van der Waals surface area (Å²) in [4.78, 5) is 25.3. The number of hydrogen-bond donors (Lipinski definition) is 1. The third-order valence-corrected chi connectivity index (χ3v) is 6.57. The van der Waals surface area contributed by atoms with Gasteiger partial charge in [0.25, 0.3) is 5.91 Å². The molecule has 1 atom stereocenters. The molecular weight excluding hydrogens is 396 g/mol. The van der Waals surface area contributed by atoms with Crippen LogP contribution in [0.25, 0.3) is 21.7 Å². The Morgan fingerprint density at radius 2 is 2.23 bits per heavy atom. The summed E-state index contributed by atoms with van der Waals surface area (Å²) in [5, 5.41) is 9.27. The van der Waals surface area contributed by atoms with Gasteiger partial charge in [0.15, 0.2) is 11.3 Å². The molecule has 8 heteroatoms. The SMILES string of the molecule is CC(C)n1c(CC2CCN(C(=O)c3cc(-c4cccs4)[nH]n3)C2)nc2cccnc21. The molecule has 1 saturated heterocycles. The lowest BCUT2D eigenvalue weighted by atomic mass is 10.0. The summed E-state index contributed by atoms with van der Waals surface area (Å²) in [6.07, 6.45) is 3.64. The number of fused-ring (bicyclic) bond motifs is 1. The quantitative estimate of drug-likeness (QED) is 0.526. The number of carbonyl (C=O) groups is 1. The number of amides is 1. The van der Waals surface area contributed by atoms with Gasteiger partial charge in [-0.2, -0.15) is 5.10 Å². The zero-order chi connectivity index (χ0) is 20.7. The highest BCUT2D eigenvalue weighted by Crippen LogP contribution is 2.27. The minimum atomic E-state index is -0.00409. The molecule has 1 unspecified atom stereocenters. The summed E-state index contributed by atoms with van der Waals surface area (Å²) >= 11 is 1.63. The number of likely N-dealkylation sites (tertiary alicyclic amines) is 1. The first-order valence-corrected chi connectivity index (χ1v) is 11.2. The van der Waals surface area contributed by atoms with Crippen LogP contribution in [0.2, 0.25) is 0 Å². The molecule has 5 heterocycles. The second kappa shape index (κ2) is 7.68. The predicted octanol–water partition coefficient (Wildman–Crippen LogP) is 4.17. The van der Waals surface area contributed by atoms with Crippen molar-refractivity contribution in [3.8, 4) is 10.6 Å². The highest BCUT2D eigenvalue weighted by atomic mass is 32.1. The van der Waals surface area contributed by atoms with E-state index in [-0.39, 0.29) is 5.91 Å². The molecular formula is C22H24N6OS. The summed E-state index contributed by atoms with van der Waals surface area (Å²) < 4.78 is 2.22. The monoisotopic (exact) mass is 420 g/mol. The van der Waals surface area contributed by atoms with Gasteiger partial charge in [-0.25, -0.2) is 9.97 Å². The van der Waals surface area contributed by atoms with Crippen LogP contribution < -0.4 is 0 Å². The van der Waals surface area contributed by atoms with E-state index >= 15 is 0 Å². The standard InChI is InChI=1S/C22H24N6OS/c1-14(2)28-20(24-16-5-3-8-23-21(16)28)11-15-7-9-27(13-15)22(29)18-12-17(25-26-18)19-6-4-10-30-19/h3-6,8,10,12,14-15H,7,9,11,13H2,1-2H3,(H,25,26). The van der Waals surface area contributed by atoms with Crippen LogP contribution in [0.15, 0.2) is 41.9 Å². The van der Waals surface area contributed by atoms with Gasteiger partial charge in [-0.3, -0.25) is 9.89 Å². The first-order valence-electron chi connectivity index (χ1n) is 10.3. The summed E-state index contributed by atoms with van der Waals surface area (Å²) in [5.74, 6) is 1.44. The predicted molar refractivity (Wildman–Crippen MR) is 118 cm³/mol. The van der Waals surface area contributed by atoms with Crippen molar-refractivity contribution < 1.29 is 4.79 Å². The average Bonchev–Trinajstić information content (AvgIpc) is 3.52. The minimum absolute atomic E-state index is 0.00409. The fraction of sp³-hybridized carbons (Fsp3) is 0.364. The molecule has 0 radical (unpaired) electrons. The zero-order valence-corrected chi connectivity index (χ0v) is 17.9. The van der Waals surface area contributed by atoms with E-state index in [1.54, 1.807) is 11.3 Å². The summed E-state index contributed by atoms with van der Waals surface area (Å²) in [5.41, 5.74) is 3.25. The molecule has 1 fully saturated rings. The smallest absolute Gasteiger partial charge is 0.274 e. The van der Waals surface area contributed by atoms with E-state index < -0.39 is 0 Å². The van der Waals surface area contributed by atoms with Crippen LogP contribution in [-0.4, -0.2) is 48.6 Å². The number of H-pyrrole nitrogens is 1. The van der Waals surface area contributed by atoms with Gasteiger partial charge >= 0.3 is 0 Å². The van der Waals surface area contributed by atoms with Crippen molar-refractivity contribution in [2.24, 2.45) is 5.92 Å². The Morgan fingerprint density at radius 1 is 1.33 bits per heavy atom. The molecule has 0 aromatic carbocycles. The Bertz CT molecular complexity index is 1180. The molecule has 1 aliphatic rings. The van der Waals surface area contributed by atoms with Crippen LogP contribution in [0.3, 0.4) is 0 Å². The lowest BCUT2D eigenvalue weighted by Crippen LogP contribution is -2.29. The van der Waals surface area contributed by atoms with E-state index in [2.05, 4.69) is 33.6 Å². The van der Waals surface area contributed by atoms with E-state index in [1.807, 2.05) is 46.8 Å². The fourth-order valence-corrected chi connectivity index (χ4v) is 4.95. The molecule has 0 bridgehead atoms.